The van der Waals surface area contributed by atoms with Crippen molar-refractivity contribution in [1.82, 2.24) is 10.2 Å². The molecule has 2 amide bonds. The Hall–Kier alpha value is -0.980. The van der Waals surface area contributed by atoms with Gasteiger partial charge in [-0.3, -0.25) is 0 Å². The lowest BCUT2D eigenvalue weighted by Gasteiger charge is -2.27. The minimum Gasteiger partial charge on any atom is -0.376 e. The fraction of sp³-hybridized carbons (Fsp3) is 0.889. The maximum absolute atomic E-state index is 11.9. The normalized spacial score (nSPS) is 25.6. The molecule has 1 rings (SSSR count). The van der Waals surface area contributed by atoms with Gasteiger partial charge < -0.3 is 15.0 Å². The van der Waals surface area contributed by atoms with Crippen molar-refractivity contribution in [3.05, 3.63) is 0 Å². The van der Waals surface area contributed by atoms with Crippen LogP contribution in [0.4, 0.5) is 18.0 Å². The Bertz CT molecular complexity index is 258. The van der Waals surface area contributed by atoms with Crippen molar-refractivity contribution in [2.75, 3.05) is 20.2 Å². The van der Waals surface area contributed by atoms with Gasteiger partial charge in [-0.1, -0.05) is 0 Å². The number of hydrogen-bond donors (Lipinski definition) is 1. The van der Waals surface area contributed by atoms with E-state index in [1.54, 1.807) is 6.92 Å². The summed E-state index contributed by atoms with van der Waals surface area (Å²) in [5, 5.41) is 1.83. The quantitative estimate of drug-likeness (QED) is 0.792. The van der Waals surface area contributed by atoms with Gasteiger partial charge in [0.15, 0.2) is 0 Å². The molecule has 0 aromatic rings. The molecule has 1 saturated heterocycles. The van der Waals surface area contributed by atoms with Gasteiger partial charge in [0.1, 0.15) is 6.54 Å². The Morgan fingerprint density at radius 3 is 2.62 bits per heavy atom. The van der Waals surface area contributed by atoms with Crippen LogP contribution in [0.2, 0.25) is 0 Å². The van der Waals surface area contributed by atoms with E-state index in [9.17, 15) is 18.0 Å². The molecule has 1 N–H and O–H groups in total. The molecule has 0 spiro atoms. The summed E-state index contributed by atoms with van der Waals surface area (Å²) < 4.78 is 40.9. The highest BCUT2D eigenvalue weighted by atomic mass is 19.4. The van der Waals surface area contributed by atoms with Crippen LogP contribution in [-0.2, 0) is 4.74 Å². The van der Waals surface area contributed by atoms with E-state index in [0.717, 1.165) is 0 Å². The van der Waals surface area contributed by atoms with Crippen LogP contribution in [0.1, 0.15) is 13.3 Å². The lowest BCUT2D eigenvalue weighted by Crippen LogP contribution is -2.48. The molecule has 0 aromatic carbocycles. The first-order valence-corrected chi connectivity index (χ1v) is 5.00. The number of amides is 2. The number of nitrogens with zero attached hydrogens (tertiary/aromatic N) is 1. The zero-order valence-electron chi connectivity index (χ0n) is 9.17. The summed E-state index contributed by atoms with van der Waals surface area (Å²) in [5.74, 6) is 0. The third kappa shape index (κ3) is 3.55. The van der Waals surface area contributed by atoms with Crippen molar-refractivity contribution in [2.45, 2.75) is 31.7 Å². The van der Waals surface area contributed by atoms with E-state index < -0.39 is 18.8 Å². The summed E-state index contributed by atoms with van der Waals surface area (Å²) in [6.07, 6.45) is -3.87. The van der Waals surface area contributed by atoms with Crippen molar-refractivity contribution >= 4 is 6.03 Å². The van der Waals surface area contributed by atoms with E-state index in [1.807, 2.05) is 5.32 Å². The number of urea groups is 1. The fourth-order valence-corrected chi connectivity index (χ4v) is 1.68. The molecular formula is C9H15F3N2O2. The van der Waals surface area contributed by atoms with E-state index in [2.05, 4.69) is 0 Å². The third-order valence-corrected chi connectivity index (χ3v) is 2.59. The smallest absolute Gasteiger partial charge is 0.376 e. The minimum absolute atomic E-state index is 0.137. The van der Waals surface area contributed by atoms with E-state index >= 15 is 0 Å². The highest BCUT2D eigenvalue weighted by Crippen LogP contribution is 2.18. The second kappa shape index (κ2) is 4.90. The van der Waals surface area contributed by atoms with E-state index in [-0.39, 0.29) is 12.1 Å². The van der Waals surface area contributed by atoms with Crippen LogP contribution in [0.5, 0.6) is 0 Å². The summed E-state index contributed by atoms with van der Waals surface area (Å²) in [5.41, 5.74) is 0. The van der Waals surface area contributed by atoms with Gasteiger partial charge in [0.2, 0.25) is 0 Å². The van der Waals surface area contributed by atoms with E-state index in [4.69, 9.17) is 4.74 Å². The second-order valence-corrected chi connectivity index (χ2v) is 3.82. The van der Waals surface area contributed by atoms with Crippen LogP contribution in [0, 0.1) is 0 Å². The summed E-state index contributed by atoms with van der Waals surface area (Å²) in [6, 6.07) is -0.882. The molecule has 1 heterocycles. The average molecular weight is 240 g/mol. The predicted molar refractivity (Wildman–Crippen MR) is 51.0 cm³/mol. The van der Waals surface area contributed by atoms with Crippen molar-refractivity contribution in [2.24, 2.45) is 0 Å². The van der Waals surface area contributed by atoms with Crippen LogP contribution in [-0.4, -0.2) is 49.5 Å². The zero-order chi connectivity index (χ0) is 12.3. The largest absolute Gasteiger partial charge is 0.405 e. The van der Waals surface area contributed by atoms with Crippen LogP contribution >= 0.6 is 0 Å². The monoisotopic (exact) mass is 240 g/mol. The molecule has 4 nitrogen and oxygen atoms in total. The first-order valence-electron chi connectivity index (χ1n) is 5.00. The Morgan fingerprint density at radius 1 is 1.56 bits per heavy atom. The molecule has 2 atom stereocenters. The molecule has 2 unspecified atom stereocenters. The Morgan fingerprint density at radius 2 is 2.19 bits per heavy atom. The van der Waals surface area contributed by atoms with Gasteiger partial charge in [-0.2, -0.15) is 13.2 Å². The van der Waals surface area contributed by atoms with Crippen LogP contribution in [0.15, 0.2) is 0 Å². The molecule has 94 valence electrons. The zero-order valence-corrected chi connectivity index (χ0v) is 9.17. The molecule has 0 bridgehead atoms. The summed E-state index contributed by atoms with van der Waals surface area (Å²) in [6.45, 7) is 1.02. The van der Waals surface area contributed by atoms with Gasteiger partial charge in [-0.25, -0.2) is 4.79 Å². The predicted octanol–water partition coefficient (Wildman–Crippen LogP) is 1.37. The van der Waals surface area contributed by atoms with Gasteiger partial charge in [0.05, 0.1) is 12.1 Å². The molecule has 0 radical (unpaired) electrons. The number of carbonyl (C=O) groups is 1. The molecule has 16 heavy (non-hydrogen) atoms. The number of halogens is 3. The molecule has 1 fully saturated rings. The van der Waals surface area contributed by atoms with Gasteiger partial charge in [0, 0.05) is 13.7 Å². The average Bonchev–Trinajstić information content (AvgIpc) is 2.58. The highest BCUT2D eigenvalue weighted by molar-refractivity contribution is 5.74. The van der Waals surface area contributed by atoms with Crippen molar-refractivity contribution in [1.29, 1.82) is 0 Å². The van der Waals surface area contributed by atoms with Gasteiger partial charge in [0.25, 0.3) is 0 Å². The summed E-state index contributed by atoms with van der Waals surface area (Å²) >= 11 is 0. The molecular weight excluding hydrogens is 225 g/mol. The molecule has 0 aromatic heterocycles. The number of carbonyl (C=O) groups excluding carboxylic acids is 1. The number of nitrogens with one attached hydrogen (secondary N) is 1. The first-order chi connectivity index (χ1) is 7.31. The van der Waals surface area contributed by atoms with Crippen molar-refractivity contribution in [3.63, 3.8) is 0 Å². The van der Waals surface area contributed by atoms with Crippen molar-refractivity contribution in [3.8, 4) is 0 Å². The second-order valence-electron chi connectivity index (χ2n) is 3.82. The van der Waals surface area contributed by atoms with Gasteiger partial charge in [-0.05, 0) is 13.3 Å². The van der Waals surface area contributed by atoms with Crippen LogP contribution in [0.3, 0.4) is 0 Å². The lowest BCUT2D eigenvalue weighted by atomic mass is 10.1. The van der Waals surface area contributed by atoms with Crippen LogP contribution < -0.4 is 5.32 Å². The van der Waals surface area contributed by atoms with Gasteiger partial charge in [-0.15, -0.1) is 0 Å². The topological polar surface area (TPSA) is 41.6 Å². The summed E-state index contributed by atoms with van der Waals surface area (Å²) in [4.78, 5) is 12.6. The molecule has 0 saturated carbocycles. The summed E-state index contributed by atoms with van der Waals surface area (Å²) in [7, 11) is 1.47. The lowest BCUT2D eigenvalue weighted by molar-refractivity contribution is -0.123. The van der Waals surface area contributed by atoms with Crippen LogP contribution in [0.25, 0.3) is 0 Å². The fourth-order valence-electron chi connectivity index (χ4n) is 1.68. The maximum Gasteiger partial charge on any atom is 0.405 e. The van der Waals surface area contributed by atoms with E-state index in [0.29, 0.717) is 13.0 Å². The van der Waals surface area contributed by atoms with E-state index in [1.165, 1.54) is 11.9 Å². The molecule has 7 heteroatoms. The number of likely N-dealkylation sites (N-methyl/N-ethyl adjacent to an activating group) is 1. The SMILES string of the molecule is CC1OCCC1N(C)C(=O)NCC(F)(F)F. The minimum atomic E-state index is -4.38. The van der Waals surface area contributed by atoms with Gasteiger partial charge >= 0.3 is 12.2 Å². The third-order valence-electron chi connectivity index (χ3n) is 2.59. The Labute approximate surface area is 91.7 Å². The number of alkyl halides is 3. The highest BCUT2D eigenvalue weighted by Gasteiger charge is 2.33. The first kappa shape index (κ1) is 13.1. The standard InChI is InChI=1S/C9H15F3N2O2/c1-6-7(3-4-16-6)14(2)8(15)13-5-9(10,11)12/h6-7H,3-5H2,1-2H3,(H,13,15). The molecule has 1 aliphatic rings. The number of ether oxygens (including phenoxy) is 1. The Kier molecular flexibility index (Phi) is 4.01. The molecule has 1 aliphatic heterocycles. The number of rotatable bonds is 2. The maximum atomic E-state index is 11.9. The Balaban J connectivity index is 2.41. The van der Waals surface area contributed by atoms with Crippen molar-refractivity contribution < 1.29 is 22.7 Å². The number of hydrogen-bond acceptors (Lipinski definition) is 2. The molecule has 0 aliphatic carbocycles.